The van der Waals surface area contributed by atoms with Crippen LogP contribution >= 0.6 is 11.8 Å². The Morgan fingerprint density at radius 1 is 1.17 bits per heavy atom. The van der Waals surface area contributed by atoms with E-state index in [1.807, 2.05) is 44.4 Å². The Labute approximate surface area is 141 Å². The molecule has 1 aromatic carbocycles. The summed E-state index contributed by atoms with van der Waals surface area (Å²) in [6.45, 7) is 4.35. The number of thioether (sulfide) groups is 1. The normalized spacial score (nSPS) is 12.6. The summed E-state index contributed by atoms with van der Waals surface area (Å²) in [5, 5.41) is 12.5. The molecule has 124 valence electrons. The first-order chi connectivity index (χ1) is 11.0. The van der Waals surface area contributed by atoms with Gasteiger partial charge in [0, 0.05) is 23.0 Å². The van der Waals surface area contributed by atoms with Gasteiger partial charge in [-0.1, -0.05) is 26.0 Å². The number of hydrogen-bond donors (Lipinski definition) is 2. The Bertz CT molecular complexity index is 631. The van der Waals surface area contributed by atoms with E-state index in [0.717, 1.165) is 11.3 Å². The van der Waals surface area contributed by atoms with Crippen molar-refractivity contribution in [1.29, 1.82) is 0 Å². The summed E-state index contributed by atoms with van der Waals surface area (Å²) in [5.41, 5.74) is 2.09. The van der Waals surface area contributed by atoms with Gasteiger partial charge in [0.25, 0.3) is 0 Å². The molecule has 0 unspecified atom stereocenters. The van der Waals surface area contributed by atoms with E-state index in [-0.39, 0.29) is 24.4 Å². The average molecular weight is 334 g/mol. The van der Waals surface area contributed by atoms with E-state index in [4.69, 9.17) is 0 Å². The van der Waals surface area contributed by atoms with Crippen molar-refractivity contribution in [1.82, 2.24) is 10.3 Å². The molecule has 0 radical (unpaired) electrons. The Morgan fingerprint density at radius 2 is 1.87 bits per heavy atom. The summed E-state index contributed by atoms with van der Waals surface area (Å²) < 4.78 is 14.0. The molecule has 2 aromatic rings. The van der Waals surface area contributed by atoms with Crippen molar-refractivity contribution in [2.24, 2.45) is 5.92 Å². The minimum Gasteiger partial charge on any atom is -0.395 e. The van der Waals surface area contributed by atoms with Crippen LogP contribution in [0, 0.1) is 11.7 Å². The van der Waals surface area contributed by atoms with Gasteiger partial charge >= 0.3 is 0 Å². The molecule has 2 rings (SSSR count). The minimum atomic E-state index is -0.331. The second-order valence-electron chi connectivity index (χ2n) is 5.77. The summed E-state index contributed by atoms with van der Waals surface area (Å²) >= 11 is 1.68. The maximum atomic E-state index is 14.0. The predicted octanol–water partition coefficient (Wildman–Crippen LogP) is 3.72. The van der Waals surface area contributed by atoms with E-state index in [1.165, 1.54) is 11.0 Å². The maximum absolute atomic E-state index is 14.0. The standard InChI is InChI=1S/C18H23FN2OS/c1-12(2)18(11-22)20-10-17-15(19)8-9-16(21-17)13-4-6-14(23-3)7-5-13/h4-9,12,18,20,22H,10-11H2,1-3H3/t18-/m0/s1. The van der Waals surface area contributed by atoms with Crippen molar-refractivity contribution in [3.8, 4) is 11.3 Å². The summed E-state index contributed by atoms with van der Waals surface area (Å²) in [4.78, 5) is 5.62. The van der Waals surface area contributed by atoms with Crippen LogP contribution in [0.2, 0.25) is 0 Å². The fourth-order valence-electron chi connectivity index (χ4n) is 2.27. The molecule has 0 bridgehead atoms. The zero-order chi connectivity index (χ0) is 16.8. The van der Waals surface area contributed by atoms with Gasteiger partial charge in [0.15, 0.2) is 0 Å². The first kappa shape index (κ1) is 17.9. The Kier molecular flexibility index (Phi) is 6.57. The highest BCUT2D eigenvalue weighted by Gasteiger charge is 2.13. The summed E-state index contributed by atoms with van der Waals surface area (Å²) in [6.07, 6.45) is 2.03. The smallest absolute Gasteiger partial charge is 0.146 e. The van der Waals surface area contributed by atoms with E-state index in [0.29, 0.717) is 12.2 Å². The molecule has 0 aliphatic heterocycles. The summed E-state index contributed by atoms with van der Waals surface area (Å²) in [6, 6.07) is 11.1. The molecule has 1 atom stereocenters. The number of benzene rings is 1. The first-order valence-corrected chi connectivity index (χ1v) is 8.91. The molecule has 1 heterocycles. The second-order valence-corrected chi connectivity index (χ2v) is 6.65. The Morgan fingerprint density at radius 3 is 2.43 bits per heavy atom. The summed E-state index contributed by atoms with van der Waals surface area (Å²) in [5.74, 6) is -0.0623. The second kappa shape index (κ2) is 8.43. The molecule has 0 saturated carbocycles. The summed E-state index contributed by atoms with van der Waals surface area (Å²) in [7, 11) is 0. The number of aliphatic hydroxyl groups is 1. The van der Waals surface area contributed by atoms with Gasteiger partial charge in [-0.05, 0) is 36.4 Å². The third-order valence-corrected chi connectivity index (χ3v) is 4.58. The van der Waals surface area contributed by atoms with E-state index >= 15 is 0 Å². The van der Waals surface area contributed by atoms with E-state index in [2.05, 4.69) is 10.3 Å². The van der Waals surface area contributed by atoms with Gasteiger partial charge in [-0.15, -0.1) is 11.8 Å². The van der Waals surface area contributed by atoms with Gasteiger partial charge < -0.3 is 10.4 Å². The average Bonchev–Trinajstić information content (AvgIpc) is 2.56. The topological polar surface area (TPSA) is 45.1 Å². The number of aliphatic hydroxyl groups excluding tert-OH is 1. The molecular weight excluding hydrogens is 311 g/mol. The van der Waals surface area contributed by atoms with Crippen LogP contribution < -0.4 is 5.32 Å². The number of nitrogens with zero attached hydrogens (tertiary/aromatic N) is 1. The molecule has 2 N–H and O–H groups in total. The number of halogens is 1. The van der Waals surface area contributed by atoms with Crippen molar-refractivity contribution >= 4 is 11.8 Å². The van der Waals surface area contributed by atoms with Crippen molar-refractivity contribution < 1.29 is 9.50 Å². The van der Waals surface area contributed by atoms with Crippen LogP contribution in [0.5, 0.6) is 0 Å². The number of hydrogen-bond acceptors (Lipinski definition) is 4. The van der Waals surface area contributed by atoms with Crippen LogP contribution in [0.4, 0.5) is 4.39 Å². The van der Waals surface area contributed by atoms with E-state index in [9.17, 15) is 9.50 Å². The predicted molar refractivity (Wildman–Crippen MR) is 94.0 cm³/mol. The zero-order valence-electron chi connectivity index (χ0n) is 13.7. The van der Waals surface area contributed by atoms with Gasteiger partial charge in [-0.2, -0.15) is 0 Å². The molecule has 3 nitrogen and oxygen atoms in total. The molecule has 0 saturated heterocycles. The molecule has 0 aliphatic carbocycles. The number of rotatable bonds is 7. The number of pyridine rings is 1. The monoisotopic (exact) mass is 334 g/mol. The fourth-order valence-corrected chi connectivity index (χ4v) is 2.68. The van der Waals surface area contributed by atoms with E-state index in [1.54, 1.807) is 17.8 Å². The first-order valence-electron chi connectivity index (χ1n) is 7.69. The molecule has 1 aromatic heterocycles. The van der Waals surface area contributed by atoms with Crippen LogP contribution in [0.25, 0.3) is 11.3 Å². The highest BCUT2D eigenvalue weighted by Crippen LogP contribution is 2.22. The number of nitrogens with one attached hydrogen (secondary N) is 1. The Hall–Kier alpha value is -1.43. The van der Waals surface area contributed by atoms with Crippen LogP contribution in [-0.4, -0.2) is 29.0 Å². The SMILES string of the molecule is CSc1ccc(-c2ccc(F)c(CN[C@@H](CO)C(C)C)n2)cc1. The molecule has 0 fully saturated rings. The van der Waals surface area contributed by atoms with Crippen LogP contribution in [-0.2, 0) is 6.54 Å². The molecule has 23 heavy (non-hydrogen) atoms. The van der Waals surface area contributed by atoms with Crippen molar-refractivity contribution in [2.45, 2.75) is 31.3 Å². The lowest BCUT2D eigenvalue weighted by molar-refractivity contribution is 0.209. The van der Waals surface area contributed by atoms with Gasteiger partial charge in [0.1, 0.15) is 5.82 Å². The minimum absolute atomic E-state index is 0.0229. The van der Waals surface area contributed by atoms with Gasteiger partial charge in [-0.25, -0.2) is 9.37 Å². The van der Waals surface area contributed by atoms with Crippen molar-refractivity contribution in [3.05, 3.63) is 47.9 Å². The third kappa shape index (κ3) is 4.77. The van der Waals surface area contributed by atoms with Crippen LogP contribution in [0.3, 0.4) is 0 Å². The third-order valence-electron chi connectivity index (χ3n) is 3.84. The quantitative estimate of drug-likeness (QED) is 0.758. The number of aromatic nitrogens is 1. The van der Waals surface area contributed by atoms with Crippen molar-refractivity contribution in [3.63, 3.8) is 0 Å². The van der Waals surface area contributed by atoms with Gasteiger partial charge in [0.05, 0.1) is 18.0 Å². The zero-order valence-corrected chi connectivity index (χ0v) is 14.5. The molecule has 0 aliphatic rings. The van der Waals surface area contributed by atoms with Gasteiger partial charge in [0.2, 0.25) is 0 Å². The fraction of sp³-hybridized carbons (Fsp3) is 0.389. The lowest BCUT2D eigenvalue weighted by atomic mass is 10.1. The molecule has 0 spiro atoms. The highest BCUT2D eigenvalue weighted by atomic mass is 32.2. The lowest BCUT2D eigenvalue weighted by Crippen LogP contribution is -2.36. The molecular formula is C18H23FN2OS. The van der Waals surface area contributed by atoms with Gasteiger partial charge in [-0.3, -0.25) is 0 Å². The Balaban J connectivity index is 2.17. The van der Waals surface area contributed by atoms with Crippen molar-refractivity contribution in [2.75, 3.05) is 12.9 Å². The maximum Gasteiger partial charge on any atom is 0.146 e. The van der Waals surface area contributed by atoms with Crippen LogP contribution in [0.1, 0.15) is 19.5 Å². The lowest BCUT2D eigenvalue weighted by Gasteiger charge is -2.20. The largest absolute Gasteiger partial charge is 0.395 e. The highest BCUT2D eigenvalue weighted by molar-refractivity contribution is 7.98. The molecule has 5 heteroatoms. The van der Waals surface area contributed by atoms with Crippen LogP contribution in [0.15, 0.2) is 41.3 Å². The molecule has 0 amide bonds. The van der Waals surface area contributed by atoms with E-state index < -0.39 is 0 Å².